The van der Waals surface area contributed by atoms with Crippen LogP contribution in [-0.2, 0) is 0 Å². The number of guanidine groups is 2. The summed E-state index contributed by atoms with van der Waals surface area (Å²) < 4.78 is 0. The molecule has 4 saturated heterocycles. The second-order valence-electron chi connectivity index (χ2n) is 10.3. The largest absolute Gasteiger partial charge is 0.343 e. The molecule has 180 valence electrons. The fourth-order valence-corrected chi connectivity index (χ4v) is 5.96. The third-order valence-corrected chi connectivity index (χ3v) is 7.84. The summed E-state index contributed by atoms with van der Waals surface area (Å²) in [7, 11) is 0. The number of rotatable bonds is 2. The first-order valence-corrected chi connectivity index (χ1v) is 13.6. The predicted molar refractivity (Wildman–Crippen MR) is 141 cm³/mol. The van der Waals surface area contributed by atoms with Gasteiger partial charge in [-0.25, -0.2) is 9.98 Å². The van der Waals surface area contributed by atoms with Gasteiger partial charge in [-0.15, -0.1) is 0 Å². The van der Waals surface area contributed by atoms with Gasteiger partial charge in [0.15, 0.2) is 0 Å². The Hall–Kier alpha value is -2.76. The van der Waals surface area contributed by atoms with Crippen LogP contribution in [0.3, 0.4) is 0 Å². The number of nitrogens with zero attached hydrogens (tertiary/aromatic N) is 6. The maximum atomic E-state index is 5.40. The van der Waals surface area contributed by atoms with Crippen LogP contribution in [0.2, 0.25) is 0 Å². The van der Waals surface area contributed by atoms with E-state index in [0.29, 0.717) is 0 Å². The summed E-state index contributed by atoms with van der Waals surface area (Å²) >= 11 is 0. The van der Waals surface area contributed by atoms with E-state index in [1.165, 1.54) is 74.1 Å². The quantitative estimate of drug-likeness (QED) is 0.458. The third kappa shape index (κ3) is 4.47. The lowest BCUT2D eigenvalue weighted by molar-refractivity contribution is 0.395. The Labute approximate surface area is 203 Å². The van der Waals surface area contributed by atoms with Crippen LogP contribution in [0.25, 0.3) is 10.8 Å². The van der Waals surface area contributed by atoms with Crippen LogP contribution in [0.4, 0.5) is 11.4 Å². The van der Waals surface area contributed by atoms with E-state index in [-0.39, 0.29) is 0 Å². The number of likely N-dealkylation sites (tertiary alicyclic amines) is 4. The zero-order valence-corrected chi connectivity index (χ0v) is 20.5. The second-order valence-corrected chi connectivity index (χ2v) is 10.3. The van der Waals surface area contributed by atoms with Gasteiger partial charge in [0.25, 0.3) is 0 Å². The first-order chi connectivity index (χ1) is 16.8. The zero-order chi connectivity index (χ0) is 22.7. The van der Waals surface area contributed by atoms with Crippen LogP contribution in [-0.4, -0.2) is 83.9 Å². The monoisotopic (exact) mass is 458 g/mol. The Kier molecular flexibility index (Phi) is 6.30. The highest BCUT2D eigenvalue weighted by Crippen LogP contribution is 2.35. The molecule has 0 aliphatic carbocycles. The molecular weight excluding hydrogens is 420 g/mol. The third-order valence-electron chi connectivity index (χ3n) is 7.84. The van der Waals surface area contributed by atoms with Crippen molar-refractivity contribution in [2.45, 2.75) is 51.4 Å². The van der Waals surface area contributed by atoms with Crippen molar-refractivity contribution in [2.75, 3.05) is 52.4 Å². The number of hydrogen-bond acceptors (Lipinski definition) is 2. The van der Waals surface area contributed by atoms with Crippen LogP contribution in [0.5, 0.6) is 0 Å². The number of hydrogen-bond donors (Lipinski definition) is 0. The molecule has 0 amide bonds. The summed E-state index contributed by atoms with van der Waals surface area (Å²) in [4.78, 5) is 20.8. The van der Waals surface area contributed by atoms with Crippen LogP contribution < -0.4 is 0 Å². The van der Waals surface area contributed by atoms with Crippen LogP contribution in [0.15, 0.2) is 46.4 Å². The van der Waals surface area contributed by atoms with E-state index in [1.54, 1.807) is 0 Å². The fraction of sp³-hybridized carbons (Fsp3) is 0.571. The van der Waals surface area contributed by atoms with E-state index in [1.807, 2.05) is 0 Å². The Balaban J connectivity index is 1.47. The van der Waals surface area contributed by atoms with E-state index < -0.39 is 0 Å². The molecule has 0 atom stereocenters. The highest BCUT2D eigenvalue weighted by molar-refractivity contribution is 5.95. The van der Waals surface area contributed by atoms with Crippen LogP contribution in [0.1, 0.15) is 51.4 Å². The molecule has 34 heavy (non-hydrogen) atoms. The van der Waals surface area contributed by atoms with E-state index in [0.717, 1.165) is 63.7 Å². The van der Waals surface area contributed by atoms with Crippen molar-refractivity contribution in [3.63, 3.8) is 0 Å². The van der Waals surface area contributed by atoms with Crippen molar-refractivity contribution in [3.8, 4) is 0 Å². The van der Waals surface area contributed by atoms with Crippen molar-refractivity contribution in [3.05, 3.63) is 36.4 Å². The van der Waals surface area contributed by atoms with Gasteiger partial charge in [-0.1, -0.05) is 24.3 Å². The first-order valence-electron chi connectivity index (χ1n) is 13.6. The van der Waals surface area contributed by atoms with Crippen LogP contribution in [0, 0.1) is 0 Å². The van der Waals surface area contributed by atoms with E-state index >= 15 is 0 Å². The fourth-order valence-electron chi connectivity index (χ4n) is 5.96. The maximum Gasteiger partial charge on any atom is 0.201 e. The van der Waals surface area contributed by atoms with Gasteiger partial charge in [0.05, 0.1) is 11.4 Å². The molecule has 6 rings (SSSR count). The maximum absolute atomic E-state index is 5.40. The van der Waals surface area contributed by atoms with Crippen molar-refractivity contribution in [1.29, 1.82) is 0 Å². The molecule has 4 fully saturated rings. The van der Waals surface area contributed by atoms with Gasteiger partial charge in [0.2, 0.25) is 11.9 Å². The van der Waals surface area contributed by atoms with Gasteiger partial charge < -0.3 is 19.6 Å². The SMILES string of the molecule is c1ccc2cc(N=C(N3CCCC3)N3CCCC3)c(N=C(N3CCCC3)N3CCCC3)cc2c1. The first kappa shape index (κ1) is 21.8. The molecule has 6 heteroatoms. The molecule has 0 saturated carbocycles. The molecule has 6 nitrogen and oxygen atoms in total. The minimum atomic E-state index is 1.02. The molecule has 4 aliphatic rings. The van der Waals surface area contributed by atoms with Crippen molar-refractivity contribution in [2.24, 2.45) is 9.98 Å². The smallest absolute Gasteiger partial charge is 0.201 e. The lowest BCUT2D eigenvalue weighted by Gasteiger charge is -2.29. The van der Waals surface area contributed by atoms with Gasteiger partial charge in [0, 0.05) is 52.4 Å². The van der Waals surface area contributed by atoms with E-state index in [9.17, 15) is 0 Å². The molecule has 2 aromatic rings. The number of aliphatic imine (C=N–C) groups is 2. The van der Waals surface area contributed by atoms with Crippen molar-refractivity contribution in [1.82, 2.24) is 19.6 Å². The summed E-state index contributed by atoms with van der Waals surface area (Å²) in [5.41, 5.74) is 2.03. The Morgan fingerprint density at radius 3 is 1.06 bits per heavy atom. The minimum Gasteiger partial charge on any atom is -0.343 e. The standard InChI is InChI=1S/C28H38N6/c1-2-12-24-22-26(30-28(33-17-7-8-18-33)34-19-9-10-20-34)25(21-23(24)11-1)29-27(31-13-3-4-14-31)32-15-5-6-16-32/h1-2,11-12,21-22H,3-10,13-20H2. The molecule has 0 spiro atoms. The Bertz CT molecular complexity index is 931. The van der Waals surface area contributed by atoms with Gasteiger partial charge in [-0.2, -0.15) is 0 Å². The molecule has 0 aromatic heterocycles. The normalized spacial score (nSPS) is 20.6. The average molecular weight is 459 g/mol. The van der Waals surface area contributed by atoms with Gasteiger partial charge in [-0.05, 0) is 74.3 Å². The Morgan fingerprint density at radius 1 is 0.471 bits per heavy atom. The summed E-state index contributed by atoms with van der Waals surface area (Å²) in [5.74, 6) is 2.34. The molecule has 0 radical (unpaired) electrons. The van der Waals surface area contributed by atoms with Crippen LogP contribution >= 0.6 is 0 Å². The number of benzene rings is 2. The molecular formula is C28H38N6. The molecule has 0 unspecified atom stereocenters. The lowest BCUT2D eigenvalue weighted by Crippen LogP contribution is -2.41. The topological polar surface area (TPSA) is 37.7 Å². The highest BCUT2D eigenvalue weighted by Gasteiger charge is 2.27. The van der Waals surface area contributed by atoms with E-state index in [4.69, 9.17) is 9.98 Å². The summed E-state index contributed by atoms with van der Waals surface area (Å²) in [6.07, 6.45) is 10.1. The molecule has 0 bridgehead atoms. The van der Waals surface area contributed by atoms with E-state index in [2.05, 4.69) is 56.0 Å². The van der Waals surface area contributed by atoms with Crippen molar-refractivity contribution >= 4 is 34.1 Å². The number of fused-ring (bicyclic) bond motifs is 1. The lowest BCUT2D eigenvalue weighted by atomic mass is 10.1. The van der Waals surface area contributed by atoms with Crippen molar-refractivity contribution < 1.29 is 0 Å². The summed E-state index contributed by atoms with van der Waals surface area (Å²) in [6.45, 7) is 8.95. The molecule has 4 aliphatic heterocycles. The molecule has 0 N–H and O–H groups in total. The zero-order valence-electron chi connectivity index (χ0n) is 20.5. The van der Waals surface area contributed by atoms with Gasteiger partial charge in [0.1, 0.15) is 0 Å². The predicted octanol–water partition coefficient (Wildman–Crippen LogP) is 5.20. The van der Waals surface area contributed by atoms with Gasteiger partial charge >= 0.3 is 0 Å². The second kappa shape index (κ2) is 9.85. The average Bonchev–Trinajstić information content (AvgIpc) is 3.69. The highest BCUT2D eigenvalue weighted by atomic mass is 15.4. The molecule has 2 aromatic carbocycles. The summed E-state index contributed by atoms with van der Waals surface area (Å²) in [6, 6.07) is 13.2. The molecule has 4 heterocycles. The minimum absolute atomic E-state index is 1.02. The Morgan fingerprint density at radius 2 is 0.765 bits per heavy atom. The van der Waals surface area contributed by atoms with Gasteiger partial charge in [-0.3, -0.25) is 0 Å². The summed E-state index contributed by atoms with van der Waals surface area (Å²) in [5, 5.41) is 2.48.